The van der Waals surface area contributed by atoms with Gasteiger partial charge in [-0.15, -0.1) is 0 Å². The number of fused-ring (bicyclic) bond motifs is 3. The summed E-state index contributed by atoms with van der Waals surface area (Å²) in [6.07, 6.45) is 6.58. The van der Waals surface area contributed by atoms with E-state index in [1.165, 1.54) is 0 Å². The van der Waals surface area contributed by atoms with E-state index in [0.717, 1.165) is 19.3 Å². The van der Waals surface area contributed by atoms with Crippen LogP contribution < -0.4 is 0 Å². The van der Waals surface area contributed by atoms with Gasteiger partial charge in [0.05, 0.1) is 5.75 Å². The fraction of sp³-hybridized carbons (Fsp3) is 0.864. The van der Waals surface area contributed by atoms with Crippen molar-refractivity contribution in [3.05, 3.63) is 12.2 Å². The molecule has 2 aliphatic carbocycles. The van der Waals surface area contributed by atoms with Crippen molar-refractivity contribution in [2.45, 2.75) is 71.2 Å². The third-order valence-corrected chi connectivity index (χ3v) is 10.9. The largest absolute Gasteiger partial charge is 0.460 e. The highest BCUT2D eigenvalue weighted by Gasteiger charge is 2.69. The number of hydrogen-bond donors (Lipinski definition) is 0. The Labute approximate surface area is 180 Å². The van der Waals surface area contributed by atoms with Crippen LogP contribution in [0.3, 0.4) is 0 Å². The SMILES string of the molecule is CCN(CC)S(=O)(=O)C[C@]12CC[C@H](C[C@H]1OC(=O)[C@@]13CC=C[C@H](OC)N1C3)C2(C)C. The molecule has 7 nitrogen and oxygen atoms in total. The highest BCUT2D eigenvalue weighted by molar-refractivity contribution is 7.89. The minimum absolute atomic E-state index is 0.0560. The van der Waals surface area contributed by atoms with E-state index < -0.39 is 21.0 Å². The van der Waals surface area contributed by atoms with Gasteiger partial charge >= 0.3 is 5.97 Å². The molecule has 0 amide bonds. The highest BCUT2D eigenvalue weighted by Crippen LogP contribution is 2.67. The smallest absolute Gasteiger partial charge is 0.328 e. The maximum absolute atomic E-state index is 13.3. The van der Waals surface area contributed by atoms with Crippen molar-refractivity contribution >= 4 is 16.0 Å². The Balaban J connectivity index is 1.58. The van der Waals surface area contributed by atoms with Gasteiger partial charge in [0.15, 0.2) is 0 Å². The van der Waals surface area contributed by atoms with Crippen molar-refractivity contribution < 1.29 is 22.7 Å². The second-order valence-corrected chi connectivity index (χ2v) is 12.0. The third kappa shape index (κ3) is 3.01. The Kier molecular flexibility index (Phi) is 5.40. The van der Waals surface area contributed by atoms with Crippen LogP contribution in [0, 0.1) is 16.7 Å². The molecule has 2 aliphatic heterocycles. The number of methoxy groups -OCH3 is 1. The van der Waals surface area contributed by atoms with Crippen LogP contribution in [0.25, 0.3) is 0 Å². The summed E-state index contributed by atoms with van der Waals surface area (Å²) >= 11 is 0. The molecule has 1 saturated heterocycles. The number of carbonyl (C=O) groups is 1. The normalized spacial score (nSPS) is 41.1. The van der Waals surface area contributed by atoms with E-state index in [1.807, 2.05) is 30.9 Å². The van der Waals surface area contributed by atoms with Gasteiger partial charge in [0.2, 0.25) is 10.0 Å². The van der Waals surface area contributed by atoms with E-state index in [9.17, 15) is 13.2 Å². The van der Waals surface area contributed by atoms with Crippen molar-refractivity contribution in [2.24, 2.45) is 16.7 Å². The van der Waals surface area contributed by atoms with Gasteiger partial charge < -0.3 is 9.47 Å². The second kappa shape index (κ2) is 7.29. The summed E-state index contributed by atoms with van der Waals surface area (Å²) in [5.41, 5.74) is -1.35. The van der Waals surface area contributed by atoms with Crippen molar-refractivity contribution in [1.82, 2.24) is 9.21 Å². The van der Waals surface area contributed by atoms with Crippen LogP contribution in [0.5, 0.6) is 0 Å². The van der Waals surface area contributed by atoms with Crippen molar-refractivity contribution in [2.75, 3.05) is 32.5 Å². The maximum Gasteiger partial charge on any atom is 0.328 e. The first kappa shape index (κ1) is 22.2. The fourth-order valence-corrected chi connectivity index (χ4v) is 8.82. The van der Waals surface area contributed by atoms with Crippen LogP contribution in [0.1, 0.15) is 53.4 Å². The molecule has 170 valence electrons. The molecular formula is C22H36N2O5S. The Morgan fingerprint density at radius 1 is 1.27 bits per heavy atom. The Morgan fingerprint density at radius 3 is 2.57 bits per heavy atom. The molecule has 1 unspecified atom stereocenters. The van der Waals surface area contributed by atoms with Gasteiger partial charge in [-0.05, 0) is 43.1 Å². The van der Waals surface area contributed by atoms with Gasteiger partial charge in [-0.25, -0.2) is 17.5 Å². The zero-order valence-corrected chi connectivity index (χ0v) is 19.7. The van der Waals surface area contributed by atoms with E-state index in [-0.39, 0.29) is 29.5 Å². The molecule has 0 aromatic carbocycles. The predicted molar refractivity (Wildman–Crippen MR) is 114 cm³/mol. The van der Waals surface area contributed by atoms with Crippen LogP contribution in [-0.4, -0.2) is 74.0 Å². The molecule has 2 saturated carbocycles. The molecule has 0 aromatic rings. The molecule has 0 radical (unpaired) electrons. The zero-order valence-electron chi connectivity index (χ0n) is 18.9. The lowest BCUT2D eigenvalue weighted by atomic mass is 9.69. The molecule has 30 heavy (non-hydrogen) atoms. The van der Waals surface area contributed by atoms with E-state index in [1.54, 1.807) is 11.4 Å². The first-order valence-corrected chi connectivity index (χ1v) is 12.8. The third-order valence-electron chi connectivity index (χ3n) is 8.71. The fourth-order valence-electron chi connectivity index (χ4n) is 6.49. The minimum Gasteiger partial charge on any atom is -0.460 e. The molecule has 3 fully saturated rings. The second-order valence-electron chi connectivity index (χ2n) is 10.0. The quantitative estimate of drug-likeness (QED) is 0.328. The molecule has 2 heterocycles. The van der Waals surface area contributed by atoms with Crippen LogP contribution in [-0.2, 0) is 24.3 Å². The van der Waals surface area contributed by atoms with Crippen LogP contribution in [0.15, 0.2) is 12.2 Å². The van der Waals surface area contributed by atoms with E-state index >= 15 is 0 Å². The van der Waals surface area contributed by atoms with Crippen LogP contribution in [0.4, 0.5) is 0 Å². The van der Waals surface area contributed by atoms with Gasteiger partial charge in [-0.2, -0.15) is 0 Å². The number of carbonyl (C=O) groups excluding carboxylic acids is 1. The first-order chi connectivity index (χ1) is 14.1. The monoisotopic (exact) mass is 440 g/mol. The number of ether oxygens (including phenoxy) is 2. The topological polar surface area (TPSA) is 75.9 Å². The standard InChI is InChI=1S/C22H36N2O5S/c1-6-23(7-2)30(26,27)15-21-12-10-16(20(21,3)4)13-17(21)29-19(25)22-11-8-9-18(28-5)24(22)14-22/h8-9,16-18H,6-7,10-15H2,1-5H3/t16-,17-,18+,21-,22+,24?/m1/s1. The molecule has 6 atom stereocenters. The summed E-state index contributed by atoms with van der Waals surface area (Å²) in [4.78, 5) is 15.3. The lowest BCUT2D eigenvalue weighted by Gasteiger charge is -2.42. The zero-order chi connectivity index (χ0) is 21.9. The van der Waals surface area contributed by atoms with Gasteiger partial charge in [0.25, 0.3) is 0 Å². The van der Waals surface area contributed by atoms with Gasteiger partial charge in [-0.1, -0.05) is 33.8 Å². The number of nitrogens with zero attached hydrogens (tertiary/aromatic N) is 2. The van der Waals surface area contributed by atoms with Crippen LogP contribution >= 0.6 is 0 Å². The number of esters is 1. The number of rotatable bonds is 8. The molecule has 8 heteroatoms. The maximum atomic E-state index is 13.3. The Hall–Kier alpha value is -0.960. The summed E-state index contributed by atoms with van der Waals surface area (Å²) in [5.74, 6) is 0.218. The average molecular weight is 441 g/mol. The lowest BCUT2D eigenvalue weighted by molar-refractivity contribution is -0.162. The Bertz CT molecular complexity index is 836. The number of sulfonamides is 1. The summed E-state index contributed by atoms with van der Waals surface area (Å²) in [6, 6.07) is 0. The van der Waals surface area contributed by atoms with Gasteiger partial charge in [0, 0.05) is 32.2 Å². The Morgan fingerprint density at radius 2 is 1.97 bits per heavy atom. The molecule has 4 aliphatic rings. The summed E-state index contributed by atoms with van der Waals surface area (Å²) in [6.45, 7) is 9.64. The number of hydrogen-bond acceptors (Lipinski definition) is 6. The molecule has 0 spiro atoms. The highest BCUT2D eigenvalue weighted by atomic mass is 32.2. The average Bonchev–Trinajstić information content (AvgIpc) is 3.36. The summed E-state index contributed by atoms with van der Waals surface area (Å²) in [7, 11) is -1.79. The van der Waals surface area contributed by atoms with Gasteiger partial charge in [0.1, 0.15) is 17.9 Å². The van der Waals surface area contributed by atoms with E-state index in [4.69, 9.17) is 9.47 Å². The van der Waals surface area contributed by atoms with Crippen molar-refractivity contribution in [1.29, 1.82) is 0 Å². The molecule has 2 bridgehead atoms. The predicted octanol–water partition coefficient (Wildman–Crippen LogP) is 2.38. The molecule has 0 aromatic heterocycles. The first-order valence-electron chi connectivity index (χ1n) is 11.2. The summed E-state index contributed by atoms with van der Waals surface area (Å²) < 4.78 is 39.7. The van der Waals surface area contributed by atoms with E-state index in [0.29, 0.717) is 32.0 Å². The van der Waals surface area contributed by atoms with Crippen molar-refractivity contribution in [3.8, 4) is 0 Å². The van der Waals surface area contributed by atoms with Crippen molar-refractivity contribution in [3.63, 3.8) is 0 Å². The lowest BCUT2D eigenvalue weighted by Crippen LogP contribution is -2.50. The minimum atomic E-state index is -3.43. The molecule has 0 N–H and O–H groups in total. The van der Waals surface area contributed by atoms with E-state index in [2.05, 4.69) is 13.8 Å². The van der Waals surface area contributed by atoms with Crippen LogP contribution in [0.2, 0.25) is 0 Å². The molecular weight excluding hydrogens is 404 g/mol. The molecule has 4 rings (SSSR count). The van der Waals surface area contributed by atoms with Gasteiger partial charge in [-0.3, -0.25) is 4.90 Å². The summed E-state index contributed by atoms with van der Waals surface area (Å²) in [5, 5.41) is 0.